The number of hydrogen-bond donors (Lipinski definition) is 2. The van der Waals surface area contributed by atoms with Gasteiger partial charge in [0, 0.05) is 12.1 Å². The lowest BCUT2D eigenvalue weighted by Gasteiger charge is -2.35. The molecule has 0 bridgehead atoms. The van der Waals surface area contributed by atoms with Crippen LogP contribution in [0.4, 0.5) is 0 Å². The van der Waals surface area contributed by atoms with E-state index >= 15 is 0 Å². The minimum Gasteiger partial charge on any atom is -0.380 e. The monoisotopic (exact) mass is 200 g/mol. The summed E-state index contributed by atoms with van der Waals surface area (Å²) in [5.74, 6) is 0.605. The van der Waals surface area contributed by atoms with Crippen molar-refractivity contribution in [1.82, 2.24) is 5.32 Å². The Balaban J connectivity index is 2.27. The molecule has 2 atom stereocenters. The van der Waals surface area contributed by atoms with Gasteiger partial charge >= 0.3 is 0 Å². The molecule has 0 amide bonds. The van der Waals surface area contributed by atoms with Gasteiger partial charge in [-0.1, -0.05) is 13.3 Å². The summed E-state index contributed by atoms with van der Waals surface area (Å²) in [6.07, 6.45) is 3.54. The molecular weight excluding hydrogens is 176 g/mol. The maximum absolute atomic E-state index is 5.67. The lowest BCUT2D eigenvalue weighted by atomic mass is 9.93. The highest BCUT2D eigenvalue weighted by Crippen LogP contribution is 2.18. The van der Waals surface area contributed by atoms with Crippen molar-refractivity contribution in [3.63, 3.8) is 0 Å². The molecular formula is C11H24N2O. The van der Waals surface area contributed by atoms with Crippen molar-refractivity contribution < 1.29 is 4.74 Å². The number of ether oxygens (including phenoxy) is 1. The molecule has 0 aromatic rings. The van der Waals surface area contributed by atoms with E-state index in [1.165, 1.54) is 12.8 Å². The van der Waals surface area contributed by atoms with Crippen LogP contribution in [0.25, 0.3) is 0 Å². The quantitative estimate of drug-likeness (QED) is 0.699. The van der Waals surface area contributed by atoms with Crippen LogP contribution in [-0.2, 0) is 4.74 Å². The molecule has 3 nitrogen and oxygen atoms in total. The van der Waals surface area contributed by atoms with Crippen LogP contribution in [-0.4, -0.2) is 31.8 Å². The molecule has 1 heterocycles. The van der Waals surface area contributed by atoms with Crippen molar-refractivity contribution in [2.75, 3.05) is 26.3 Å². The van der Waals surface area contributed by atoms with Crippen molar-refractivity contribution >= 4 is 0 Å². The van der Waals surface area contributed by atoms with E-state index in [2.05, 4.69) is 19.2 Å². The van der Waals surface area contributed by atoms with Crippen molar-refractivity contribution in [2.24, 2.45) is 11.7 Å². The van der Waals surface area contributed by atoms with Gasteiger partial charge < -0.3 is 15.8 Å². The molecule has 1 aliphatic heterocycles. The first-order valence-electron chi connectivity index (χ1n) is 5.73. The van der Waals surface area contributed by atoms with Crippen LogP contribution in [0.3, 0.4) is 0 Å². The van der Waals surface area contributed by atoms with E-state index in [-0.39, 0.29) is 5.54 Å². The largest absolute Gasteiger partial charge is 0.380 e. The van der Waals surface area contributed by atoms with E-state index < -0.39 is 0 Å². The molecule has 1 rings (SSSR count). The Bertz CT molecular complexity index is 151. The SMILES string of the molecule is CCC(CN)CNC1(C)CCCOC1. The molecule has 0 aromatic carbocycles. The van der Waals surface area contributed by atoms with E-state index in [0.717, 1.165) is 32.7 Å². The fraction of sp³-hybridized carbons (Fsp3) is 1.00. The second-order valence-corrected chi connectivity index (χ2v) is 4.61. The summed E-state index contributed by atoms with van der Waals surface area (Å²) in [5, 5.41) is 3.59. The highest BCUT2D eigenvalue weighted by Gasteiger charge is 2.27. The molecule has 2 unspecified atom stereocenters. The summed E-state index contributed by atoms with van der Waals surface area (Å²) in [7, 11) is 0. The zero-order valence-corrected chi connectivity index (χ0v) is 9.51. The highest BCUT2D eigenvalue weighted by atomic mass is 16.5. The highest BCUT2D eigenvalue weighted by molar-refractivity contribution is 4.86. The van der Waals surface area contributed by atoms with E-state index in [9.17, 15) is 0 Å². The lowest BCUT2D eigenvalue weighted by Crippen LogP contribution is -2.51. The Labute approximate surface area is 87.4 Å². The van der Waals surface area contributed by atoms with Crippen LogP contribution in [0.1, 0.15) is 33.1 Å². The molecule has 3 N–H and O–H groups in total. The third kappa shape index (κ3) is 3.56. The van der Waals surface area contributed by atoms with Crippen LogP contribution < -0.4 is 11.1 Å². The average molecular weight is 200 g/mol. The first kappa shape index (κ1) is 12.0. The molecule has 1 fully saturated rings. The van der Waals surface area contributed by atoms with Gasteiger partial charge in [-0.15, -0.1) is 0 Å². The summed E-state index contributed by atoms with van der Waals surface area (Å²) in [6.45, 7) is 8.00. The van der Waals surface area contributed by atoms with E-state index in [1.54, 1.807) is 0 Å². The minimum absolute atomic E-state index is 0.181. The Morgan fingerprint density at radius 2 is 2.36 bits per heavy atom. The predicted molar refractivity (Wildman–Crippen MR) is 59.3 cm³/mol. The first-order chi connectivity index (χ1) is 6.70. The van der Waals surface area contributed by atoms with Crippen molar-refractivity contribution in [3.05, 3.63) is 0 Å². The molecule has 14 heavy (non-hydrogen) atoms. The third-order valence-electron chi connectivity index (χ3n) is 3.17. The molecule has 3 heteroatoms. The molecule has 0 saturated carbocycles. The maximum atomic E-state index is 5.67. The second kappa shape index (κ2) is 5.69. The third-order valence-corrected chi connectivity index (χ3v) is 3.17. The zero-order valence-electron chi connectivity index (χ0n) is 9.51. The first-order valence-corrected chi connectivity index (χ1v) is 5.73. The van der Waals surface area contributed by atoms with Gasteiger partial charge in [0.1, 0.15) is 0 Å². The second-order valence-electron chi connectivity index (χ2n) is 4.61. The Kier molecular flexibility index (Phi) is 4.85. The number of rotatable bonds is 5. The van der Waals surface area contributed by atoms with Crippen LogP contribution in [0.2, 0.25) is 0 Å². The molecule has 0 aromatic heterocycles. The van der Waals surface area contributed by atoms with Gasteiger partial charge in [-0.2, -0.15) is 0 Å². The standard InChI is InChI=1S/C11H24N2O/c1-3-10(7-12)8-13-11(2)5-4-6-14-9-11/h10,13H,3-9,12H2,1-2H3. The van der Waals surface area contributed by atoms with Crippen LogP contribution in [0, 0.1) is 5.92 Å². The van der Waals surface area contributed by atoms with Crippen LogP contribution in [0.15, 0.2) is 0 Å². The average Bonchev–Trinajstić information content (AvgIpc) is 2.20. The normalized spacial score (nSPS) is 30.2. The smallest absolute Gasteiger partial charge is 0.0645 e. The number of nitrogens with two attached hydrogens (primary N) is 1. The summed E-state index contributed by atoms with van der Waals surface area (Å²) in [4.78, 5) is 0. The van der Waals surface area contributed by atoms with Gasteiger partial charge in [-0.25, -0.2) is 0 Å². The van der Waals surface area contributed by atoms with Crippen molar-refractivity contribution in [2.45, 2.75) is 38.6 Å². The lowest BCUT2D eigenvalue weighted by molar-refractivity contribution is 0.0269. The van der Waals surface area contributed by atoms with Gasteiger partial charge in [-0.05, 0) is 38.8 Å². The fourth-order valence-corrected chi connectivity index (χ4v) is 1.86. The summed E-state index contributed by atoms with van der Waals surface area (Å²) >= 11 is 0. The molecule has 1 saturated heterocycles. The molecule has 0 spiro atoms. The van der Waals surface area contributed by atoms with Gasteiger partial charge in [0.25, 0.3) is 0 Å². The van der Waals surface area contributed by atoms with Crippen LogP contribution in [0.5, 0.6) is 0 Å². The summed E-state index contributed by atoms with van der Waals surface area (Å²) in [6, 6.07) is 0. The topological polar surface area (TPSA) is 47.3 Å². The van der Waals surface area contributed by atoms with E-state index in [4.69, 9.17) is 10.5 Å². The summed E-state index contributed by atoms with van der Waals surface area (Å²) < 4.78 is 5.49. The molecule has 84 valence electrons. The predicted octanol–water partition coefficient (Wildman–Crippen LogP) is 1.13. The Hall–Kier alpha value is -0.120. The van der Waals surface area contributed by atoms with E-state index in [0.29, 0.717) is 5.92 Å². The Morgan fingerprint density at radius 1 is 1.57 bits per heavy atom. The number of hydrogen-bond acceptors (Lipinski definition) is 3. The fourth-order valence-electron chi connectivity index (χ4n) is 1.86. The Morgan fingerprint density at radius 3 is 2.86 bits per heavy atom. The van der Waals surface area contributed by atoms with Gasteiger partial charge in [0.05, 0.1) is 6.61 Å². The molecule has 0 radical (unpaired) electrons. The molecule has 0 aliphatic carbocycles. The maximum Gasteiger partial charge on any atom is 0.0645 e. The summed E-state index contributed by atoms with van der Waals surface area (Å²) in [5.41, 5.74) is 5.85. The van der Waals surface area contributed by atoms with Crippen molar-refractivity contribution in [3.8, 4) is 0 Å². The van der Waals surface area contributed by atoms with Gasteiger partial charge in [-0.3, -0.25) is 0 Å². The van der Waals surface area contributed by atoms with Gasteiger partial charge in [0.2, 0.25) is 0 Å². The number of nitrogens with one attached hydrogen (secondary N) is 1. The van der Waals surface area contributed by atoms with Gasteiger partial charge in [0.15, 0.2) is 0 Å². The van der Waals surface area contributed by atoms with Crippen LogP contribution >= 0.6 is 0 Å². The van der Waals surface area contributed by atoms with E-state index in [1.807, 2.05) is 0 Å². The minimum atomic E-state index is 0.181. The molecule has 1 aliphatic rings. The van der Waals surface area contributed by atoms with Crippen molar-refractivity contribution in [1.29, 1.82) is 0 Å². The zero-order chi connectivity index (χ0) is 10.4.